The summed E-state index contributed by atoms with van der Waals surface area (Å²) in [7, 11) is 0. The second-order valence-electron chi connectivity index (χ2n) is 3.55. The molecule has 2 aromatic heterocycles. The third-order valence-corrected chi connectivity index (χ3v) is 3.29. The minimum Gasteiger partial charge on any atom is -0.477 e. The topological polar surface area (TPSA) is 112 Å². The van der Waals surface area contributed by atoms with Gasteiger partial charge in [-0.25, -0.2) is 10.8 Å². The second kappa shape index (κ2) is 5.61. The van der Waals surface area contributed by atoms with E-state index in [9.17, 15) is 0 Å². The molecule has 96 valence electrons. The Morgan fingerprint density at radius 3 is 2.94 bits per heavy atom. The van der Waals surface area contributed by atoms with Crippen LogP contribution in [0.2, 0.25) is 0 Å². The van der Waals surface area contributed by atoms with Gasteiger partial charge in [-0.05, 0) is 6.92 Å². The number of ether oxygens (including phenoxy) is 1. The molecule has 7 nitrogen and oxygen atoms in total. The lowest BCUT2D eigenvalue weighted by molar-refractivity contribution is 0.310. The standard InChI is InChI=1S/C10H14N6OS/c1-6-7(18-5-13-6)2-3-17-9-4-8(16-12)14-10(11)15-9/h4-5H,2-3,12H2,1H3,(H3,11,14,15,16). The first-order chi connectivity index (χ1) is 8.69. The zero-order valence-electron chi connectivity index (χ0n) is 9.88. The van der Waals surface area contributed by atoms with Gasteiger partial charge in [-0.1, -0.05) is 0 Å². The van der Waals surface area contributed by atoms with Crippen LogP contribution in [0.1, 0.15) is 10.6 Å². The highest BCUT2D eigenvalue weighted by Crippen LogP contribution is 2.16. The fourth-order valence-electron chi connectivity index (χ4n) is 1.41. The van der Waals surface area contributed by atoms with E-state index in [1.165, 1.54) is 4.88 Å². The van der Waals surface area contributed by atoms with Crippen LogP contribution >= 0.6 is 11.3 Å². The smallest absolute Gasteiger partial charge is 0.225 e. The average molecular weight is 266 g/mol. The van der Waals surface area contributed by atoms with E-state index in [-0.39, 0.29) is 5.95 Å². The van der Waals surface area contributed by atoms with Crippen LogP contribution in [0.15, 0.2) is 11.6 Å². The molecule has 0 aliphatic carbocycles. The molecule has 0 amide bonds. The van der Waals surface area contributed by atoms with E-state index in [1.807, 2.05) is 12.4 Å². The monoisotopic (exact) mass is 266 g/mol. The average Bonchev–Trinajstić information content (AvgIpc) is 2.74. The van der Waals surface area contributed by atoms with E-state index in [1.54, 1.807) is 17.4 Å². The fraction of sp³-hybridized carbons (Fsp3) is 0.300. The summed E-state index contributed by atoms with van der Waals surface area (Å²) in [6.45, 7) is 2.48. The number of hydrogen-bond acceptors (Lipinski definition) is 8. The molecule has 0 aliphatic rings. The lowest BCUT2D eigenvalue weighted by atomic mass is 10.3. The number of nitrogens with zero attached hydrogens (tertiary/aromatic N) is 3. The quantitative estimate of drug-likeness (QED) is 0.540. The van der Waals surface area contributed by atoms with E-state index < -0.39 is 0 Å². The number of aryl methyl sites for hydroxylation is 1. The normalized spacial score (nSPS) is 10.3. The van der Waals surface area contributed by atoms with Gasteiger partial charge in [-0.3, -0.25) is 0 Å². The molecule has 8 heteroatoms. The summed E-state index contributed by atoms with van der Waals surface area (Å²) in [4.78, 5) is 13.2. The number of hydrogen-bond donors (Lipinski definition) is 3. The van der Waals surface area contributed by atoms with Crippen molar-refractivity contribution in [1.82, 2.24) is 15.0 Å². The van der Waals surface area contributed by atoms with Crippen LogP contribution in [0.5, 0.6) is 5.88 Å². The third kappa shape index (κ3) is 3.05. The molecule has 0 unspecified atom stereocenters. The van der Waals surface area contributed by atoms with Gasteiger partial charge in [-0.15, -0.1) is 11.3 Å². The number of rotatable bonds is 5. The van der Waals surface area contributed by atoms with Gasteiger partial charge in [0.05, 0.1) is 17.8 Å². The highest BCUT2D eigenvalue weighted by molar-refractivity contribution is 7.09. The Kier molecular flexibility index (Phi) is 3.90. The summed E-state index contributed by atoms with van der Waals surface area (Å²) >= 11 is 1.61. The van der Waals surface area contributed by atoms with Crippen molar-refractivity contribution in [1.29, 1.82) is 0 Å². The molecule has 5 N–H and O–H groups in total. The summed E-state index contributed by atoms with van der Waals surface area (Å²) in [5.41, 5.74) is 10.8. The second-order valence-corrected chi connectivity index (χ2v) is 4.49. The molecule has 2 heterocycles. The van der Waals surface area contributed by atoms with E-state index in [4.69, 9.17) is 16.3 Å². The number of nitrogens with two attached hydrogens (primary N) is 2. The number of anilines is 2. The van der Waals surface area contributed by atoms with Crippen LogP contribution in [0, 0.1) is 6.92 Å². The zero-order chi connectivity index (χ0) is 13.0. The molecule has 0 bridgehead atoms. The molecule has 0 saturated heterocycles. The summed E-state index contributed by atoms with van der Waals surface area (Å²) in [5.74, 6) is 6.20. The Bertz CT molecular complexity index is 529. The van der Waals surface area contributed by atoms with Gasteiger partial charge in [0.1, 0.15) is 5.82 Å². The van der Waals surface area contributed by atoms with Gasteiger partial charge in [0.25, 0.3) is 0 Å². The lowest BCUT2D eigenvalue weighted by Gasteiger charge is -2.07. The molecule has 0 fully saturated rings. The van der Waals surface area contributed by atoms with E-state index in [0.29, 0.717) is 18.3 Å². The van der Waals surface area contributed by atoms with Gasteiger partial charge in [0, 0.05) is 17.4 Å². The maximum atomic E-state index is 5.52. The number of nitrogens with one attached hydrogen (secondary N) is 1. The van der Waals surface area contributed by atoms with Crippen LogP contribution in [0.25, 0.3) is 0 Å². The van der Waals surface area contributed by atoms with Crippen LogP contribution in [-0.4, -0.2) is 21.6 Å². The molecule has 0 radical (unpaired) electrons. The molecule has 2 aromatic rings. The first kappa shape index (κ1) is 12.5. The Labute approximate surface area is 108 Å². The number of thiazole rings is 1. The van der Waals surface area contributed by atoms with Crippen molar-refractivity contribution in [2.45, 2.75) is 13.3 Å². The van der Waals surface area contributed by atoms with Crippen molar-refractivity contribution in [3.63, 3.8) is 0 Å². The summed E-state index contributed by atoms with van der Waals surface area (Å²) < 4.78 is 5.51. The Balaban J connectivity index is 1.94. The molecule has 2 rings (SSSR count). The predicted octanol–water partition coefficient (Wildman–Crippen LogP) is 0.731. The Hall–Kier alpha value is -1.93. The molecular formula is C10H14N6OS. The maximum absolute atomic E-state index is 5.52. The summed E-state index contributed by atoms with van der Waals surface area (Å²) in [5, 5.41) is 0. The van der Waals surface area contributed by atoms with Crippen molar-refractivity contribution >= 4 is 23.1 Å². The van der Waals surface area contributed by atoms with Crippen molar-refractivity contribution < 1.29 is 4.74 Å². The minimum absolute atomic E-state index is 0.120. The SMILES string of the molecule is Cc1ncsc1CCOc1cc(NN)nc(N)n1. The fourth-order valence-corrected chi connectivity index (χ4v) is 2.17. The molecule has 0 atom stereocenters. The predicted molar refractivity (Wildman–Crippen MR) is 70.3 cm³/mol. The van der Waals surface area contributed by atoms with Gasteiger partial charge < -0.3 is 15.9 Å². The van der Waals surface area contributed by atoms with Crippen molar-refractivity contribution in [2.24, 2.45) is 5.84 Å². The van der Waals surface area contributed by atoms with Crippen LogP contribution < -0.4 is 21.7 Å². The Morgan fingerprint density at radius 1 is 1.44 bits per heavy atom. The highest BCUT2D eigenvalue weighted by atomic mass is 32.1. The first-order valence-electron chi connectivity index (χ1n) is 5.32. The van der Waals surface area contributed by atoms with Crippen molar-refractivity contribution in [3.8, 4) is 5.88 Å². The van der Waals surface area contributed by atoms with Gasteiger partial charge in [-0.2, -0.15) is 9.97 Å². The largest absolute Gasteiger partial charge is 0.477 e. The molecule has 0 aliphatic heterocycles. The van der Waals surface area contributed by atoms with Crippen LogP contribution in [0.3, 0.4) is 0 Å². The van der Waals surface area contributed by atoms with Crippen molar-refractivity contribution in [2.75, 3.05) is 17.8 Å². The van der Waals surface area contributed by atoms with E-state index in [2.05, 4.69) is 20.4 Å². The zero-order valence-corrected chi connectivity index (χ0v) is 10.7. The number of aromatic nitrogens is 3. The highest BCUT2D eigenvalue weighted by Gasteiger charge is 2.04. The van der Waals surface area contributed by atoms with Gasteiger partial charge in [0.2, 0.25) is 11.8 Å². The summed E-state index contributed by atoms with van der Waals surface area (Å²) in [6.07, 6.45) is 0.784. The van der Waals surface area contributed by atoms with Crippen LogP contribution in [-0.2, 0) is 6.42 Å². The van der Waals surface area contributed by atoms with Crippen LogP contribution in [0.4, 0.5) is 11.8 Å². The molecule has 18 heavy (non-hydrogen) atoms. The molecule has 0 saturated carbocycles. The Morgan fingerprint density at radius 2 is 2.28 bits per heavy atom. The van der Waals surface area contributed by atoms with Crippen molar-refractivity contribution in [3.05, 3.63) is 22.1 Å². The first-order valence-corrected chi connectivity index (χ1v) is 6.20. The van der Waals surface area contributed by atoms with E-state index >= 15 is 0 Å². The molecular weight excluding hydrogens is 252 g/mol. The maximum Gasteiger partial charge on any atom is 0.225 e. The summed E-state index contributed by atoms with van der Waals surface area (Å²) in [6, 6.07) is 1.59. The molecule has 0 aromatic carbocycles. The third-order valence-electron chi connectivity index (χ3n) is 2.29. The molecule has 0 spiro atoms. The van der Waals surface area contributed by atoms with Gasteiger partial charge in [0.15, 0.2) is 0 Å². The minimum atomic E-state index is 0.120. The lowest BCUT2D eigenvalue weighted by Crippen LogP contribution is -2.11. The van der Waals surface area contributed by atoms with Gasteiger partial charge >= 0.3 is 0 Å². The number of nitrogen functional groups attached to an aromatic ring is 2. The number of hydrazine groups is 1. The van der Waals surface area contributed by atoms with E-state index in [0.717, 1.165) is 12.1 Å².